The predicted molar refractivity (Wildman–Crippen MR) is 126 cm³/mol. The molecule has 7 rings (SSSR count). The van der Waals surface area contributed by atoms with Crippen molar-refractivity contribution in [2.24, 2.45) is 35.5 Å². The molecule has 2 bridgehead atoms. The minimum atomic E-state index is -4.78. The van der Waals surface area contributed by atoms with Crippen LogP contribution in [0.25, 0.3) is 0 Å². The Bertz CT molecular complexity index is 1310. The summed E-state index contributed by atoms with van der Waals surface area (Å²) in [6.07, 6.45) is 0.207. The van der Waals surface area contributed by atoms with Gasteiger partial charge in [-0.15, -0.1) is 0 Å². The van der Waals surface area contributed by atoms with E-state index in [-0.39, 0.29) is 27.4 Å². The van der Waals surface area contributed by atoms with Crippen LogP contribution in [0, 0.1) is 35.5 Å². The zero-order valence-corrected chi connectivity index (χ0v) is 20.1. The highest BCUT2D eigenvalue weighted by atomic mass is 35.5. The Kier molecular flexibility index (Phi) is 5.29. The molecule has 1 aliphatic heterocycles. The highest BCUT2D eigenvalue weighted by Gasteiger charge is 2.67. The summed E-state index contributed by atoms with van der Waals surface area (Å²) in [5, 5.41) is 0.186. The zero-order chi connectivity index (χ0) is 25.5. The van der Waals surface area contributed by atoms with E-state index < -0.39 is 53.7 Å². The molecule has 5 nitrogen and oxygen atoms in total. The van der Waals surface area contributed by atoms with E-state index in [4.69, 9.17) is 23.2 Å². The van der Waals surface area contributed by atoms with Gasteiger partial charge in [-0.2, -0.15) is 13.2 Å². The van der Waals surface area contributed by atoms with E-state index >= 15 is 0 Å². The van der Waals surface area contributed by atoms with Gasteiger partial charge in [-0.3, -0.25) is 24.2 Å². The van der Waals surface area contributed by atoms with Crippen molar-refractivity contribution in [3.05, 3.63) is 75.8 Å². The number of imide groups is 1. The first kappa shape index (κ1) is 23.6. The number of para-hydroxylation sites is 1. The van der Waals surface area contributed by atoms with Gasteiger partial charge in [0.2, 0.25) is 11.8 Å². The summed E-state index contributed by atoms with van der Waals surface area (Å²) in [6, 6.07) is 8.57. The van der Waals surface area contributed by atoms with E-state index in [1.807, 2.05) is 12.2 Å². The van der Waals surface area contributed by atoms with E-state index in [0.717, 1.165) is 28.4 Å². The van der Waals surface area contributed by atoms with E-state index in [1.54, 1.807) is 0 Å². The molecule has 0 radical (unpaired) electrons. The van der Waals surface area contributed by atoms with Gasteiger partial charge >= 0.3 is 6.18 Å². The third-order valence-corrected chi connectivity index (χ3v) is 8.49. The van der Waals surface area contributed by atoms with Gasteiger partial charge in [0.1, 0.15) is 6.67 Å². The molecule has 2 aromatic carbocycles. The van der Waals surface area contributed by atoms with Gasteiger partial charge in [-0.25, -0.2) is 0 Å². The lowest BCUT2D eigenvalue weighted by molar-refractivity contribution is -0.140. The van der Waals surface area contributed by atoms with Crippen molar-refractivity contribution in [2.45, 2.75) is 12.6 Å². The molecule has 6 atom stereocenters. The average molecular weight is 535 g/mol. The molecule has 1 saturated heterocycles. The molecule has 2 aromatic rings. The molecule has 3 amide bonds. The van der Waals surface area contributed by atoms with Gasteiger partial charge < -0.3 is 0 Å². The third-order valence-electron chi connectivity index (χ3n) is 7.94. The fourth-order valence-electron chi connectivity index (χ4n) is 6.31. The van der Waals surface area contributed by atoms with Crippen LogP contribution in [0.3, 0.4) is 0 Å². The number of nitrogens with zero attached hydrogens (tertiary/aromatic N) is 2. The second-order valence-corrected chi connectivity index (χ2v) is 10.6. The highest BCUT2D eigenvalue weighted by Crippen LogP contribution is 2.65. The number of carbonyl (C=O) groups is 3. The Morgan fingerprint density at radius 1 is 0.972 bits per heavy atom. The summed E-state index contributed by atoms with van der Waals surface area (Å²) in [7, 11) is 0. The first-order valence-corrected chi connectivity index (χ1v) is 12.3. The van der Waals surface area contributed by atoms with Crippen molar-refractivity contribution in [1.82, 2.24) is 4.90 Å². The quantitative estimate of drug-likeness (QED) is 0.375. The lowest BCUT2D eigenvalue weighted by atomic mass is 9.63. The van der Waals surface area contributed by atoms with Gasteiger partial charge in [0, 0.05) is 5.02 Å². The summed E-state index contributed by atoms with van der Waals surface area (Å²) < 4.78 is 41.8. The molecular weight excluding hydrogens is 516 g/mol. The molecule has 5 aliphatic rings. The van der Waals surface area contributed by atoms with E-state index in [1.165, 1.54) is 30.3 Å². The lowest BCUT2D eigenvalue weighted by Gasteiger charge is -2.37. The average Bonchev–Trinajstić information content (AvgIpc) is 3.61. The first-order chi connectivity index (χ1) is 17.1. The minimum absolute atomic E-state index is 0.0521. The van der Waals surface area contributed by atoms with Gasteiger partial charge in [-0.1, -0.05) is 47.5 Å². The fourth-order valence-corrected chi connectivity index (χ4v) is 6.80. The van der Waals surface area contributed by atoms with Crippen LogP contribution in [0.1, 0.15) is 22.3 Å². The monoisotopic (exact) mass is 534 g/mol. The molecule has 0 aromatic heterocycles. The number of anilines is 1. The maximum absolute atomic E-state index is 13.9. The number of likely N-dealkylation sites (tertiary alicyclic amines) is 1. The van der Waals surface area contributed by atoms with Crippen molar-refractivity contribution in [2.75, 3.05) is 11.6 Å². The molecule has 0 spiro atoms. The fraction of sp³-hybridized carbons (Fsp3) is 0.346. The molecule has 6 unspecified atom stereocenters. The SMILES string of the molecule is O=C1C2C3C=CC(C4CC34)C2C(=O)N1CN(C(=O)c1ccc(Cl)cc1Cl)c1ccccc1C(F)(F)F. The molecule has 1 heterocycles. The maximum atomic E-state index is 13.9. The Morgan fingerprint density at radius 3 is 2.17 bits per heavy atom. The van der Waals surface area contributed by atoms with Gasteiger partial charge in [-0.05, 0) is 60.4 Å². The van der Waals surface area contributed by atoms with Crippen LogP contribution >= 0.6 is 23.2 Å². The van der Waals surface area contributed by atoms with Crippen LogP contribution in [-0.2, 0) is 15.8 Å². The predicted octanol–water partition coefficient (Wildman–Crippen LogP) is 5.67. The normalized spacial score (nSPS) is 29.9. The first-order valence-electron chi connectivity index (χ1n) is 11.5. The van der Waals surface area contributed by atoms with Gasteiger partial charge in [0.25, 0.3) is 5.91 Å². The van der Waals surface area contributed by atoms with Gasteiger partial charge in [0.15, 0.2) is 0 Å². The number of rotatable bonds is 4. The van der Waals surface area contributed by atoms with Crippen molar-refractivity contribution in [3.63, 3.8) is 0 Å². The molecule has 4 aliphatic carbocycles. The molecule has 0 N–H and O–H groups in total. The van der Waals surface area contributed by atoms with Crippen LogP contribution in [-0.4, -0.2) is 29.3 Å². The smallest absolute Gasteiger partial charge is 0.289 e. The summed E-state index contributed by atoms with van der Waals surface area (Å²) in [4.78, 5) is 42.4. The molecular formula is C26H19Cl2F3N2O3. The second kappa shape index (κ2) is 8.08. The van der Waals surface area contributed by atoms with Crippen LogP contribution in [0.5, 0.6) is 0 Å². The van der Waals surface area contributed by atoms with Gasteiger partial charge in [0.05, 0.1) is 33.7 Å². The van der Waals surface area contributed by atoms with E-state index in [2.05, 4.69) is 0 Å². The van der Waals surface area contributed by atoms with Crippen LogP contribution < -0.4 is 4.90 Å². The number of halogens is 5. The standard InChI is InChI=1S/C26H19Cl2F3N2O3/c27-12-5-6-15(19(28)9-12)23(34)32(20-4-2-1-3-18(20)26(29,30)31)11-33-24(35)21-13-7-8-14(17-10-16(13)17)22(21)25(33)36/h1-9,13-14,16-17,21-22H,10-11H2. The van der Waals surface area contributed by atoms with Crippen molar-refractivity contribution >= 4 is 46.6 Å². The molecule has 2 saturated carbocycles. The Labute approximate surface area is 214 Å². The van der Waals surface area contributed by atoms with Crippen molar-refractivity contribution < 1.29 is 27.6 Å². The third kappa shape index (κ3) is 3.49. The number of hydrogen-bond donors (Lipinski definition) is 0. The summed E-state index contributed by atoms with van der Waals surface area (Å²) in [5.74, 6) is -2.21. The number of amides is 3. The minimum Gasteiger partial charge on any atom is -0.289 e. The van der Waals surface area contributed by atoms with Crippen LogP contribution in [0.4, 0.5) is 18.9 Å². The molecule has 3 fully saturated rings. The Balaban J connectivity index is 1.41. The largest absolute Gasteiger partial charge is 0.418 e. The second-order valence-electron chi connectivity index (χ2n) is 9.77. The number of alkyl halides is 3. The topological polar surface area (TPSA) is 57.7 Å². The summed E-state index contributed by atoms with van der Waals surface area (Å²) in [6.45, 7) is -0.648. The van der Waals surface area contributed by atoms with E-state index in [9.17, 15) is 27.6 Å². The van der Waals surface area contributed by atoms with Crippen molar-refractivity contribution in [1.29, 1.82) is 0 Å². The van der Waals surface area contributed by atoms with Crippen molar-refractivity contribution in [3.8, 4) is 0 Å². The Hall–Kier alpha value is -2.84. The molecule has 186 valence electrons. The lowest BCUT2D eigenvalue weighted by Crippen LogP contribution is -2.45. The summed E-state index contributed by atoms with van der Waals surface area (Å²) in [5.41, 5.74) is -1.64. The number of carbonyl (C=O) groups excluding carboxylic acids is 3. The number of hydrogen-bond acceptors (Lipinski definition) is 3. The maximum Gasteiger partial charge on any atom is 0.418 e. The van der Waals surface area contributed by atoms with Crippen LogP contribution in [0.15, 0.2) is 54.6 Å². The summed E-state index contributed by atoms with van der Waals surface area (Å²) >= 11 is 12.2. The van der Waals surface area contributed by atoms with Crippen LogP contribution in [0.2, 0.25) is 10.0 Å². The highest BCUT2D eigenvalue weighted by molar-refractivity contribution is 6.37. The van der Waals surface area contributed by atoms with E-state index in [0.29, 0.717) is 11.8 Å². The number of allylic oxidation sites excluding steroid dienone is 2. The molecule has 10 heteroatoms. The Morgan fingerprint density at radius 2 is 1.58 bits per heavy atom. The molecule has 36 heavy (non-hydrogen) atoms. The zero-order valence-electron chi connectivity index (χ0n) is 18.6. The number of benzene rings is 2.